The predicted molar refractivity (Wildman–Crippen MR) is 91.3 cm³/mol. The van der Waals surface area contributed by atoms with Gasteiger partial charge in [0.25, 0.3) is 0 Å². The van der Waals surface area contributed by atoms with Gasteiger partial charge in [0, 0.05) is 28.2 Å². The smallest absolute Gasteiger partial charge is 0.225 e. The van der Waals surface area contributed by atoms with Crippen molar-refractivity contribution in [2.24, 2.45) is 0 Å². The van der Waals surface area contributed by atoms with Crippen LogP contribution < -0.4 is 5.32 Å². The molecule has 2 heterocycles. The summed E-state index contributed by atoms with van der Waals surface area (Å²) in [4.78, 5) is 13.4. The quantitative estimate of drug-likeness (QED) is 0.717. The first-order chi connectivity index (χ1) is 10.8. The molecule has 1 amide bonds. The molecule has 0 spiro atoms. The number of carbonyl (C=O) groups excluding carboxylic acids is 1. The van der Waals surface area contributed by atoms with Crippen molar-refractivity contribution in [3.8, 4) is 11.1 Å². The lowest BCUT2D eigenvalue weighted by Crippen LogP contribution is -2.22. The Labute approximate surface area is 133 Å². The molecule has 2 nitrogen and oxygen atoms in total. The van der Waals surface area contributed by atoms with E-state index in [-0.39, 0.29) is 11.8 Å². The van der Waals surface area contributed by atoms with E-state index in [1.807, 2.05) is 36.4 Å². The summed E-state index contributed by atoms with van der Waals surface area (Å²) >= 11 is 1.74. The van der Waals surface area contributed by atoms with Crippen LogP contribution in [0.5, 0.6) is 0 Å². The summed E-state index contributed by atoms with van der Waals surface area (Å²) in [5.41, 5.74) is 4.46. The summed E-state index contributed by atoms with van der Waals surface area (Å²) in [7, 11) is 0. The van der Waals surface area contributed by atoms with E-state index < -0.39 is 0 Å². The van der Waals surface area contributed by atoms with Crippen LogP contribution in [0.3, 0.4) is 0 Å². The van der Waals surface area contributed by atoms with Crippen LogP contribution in [0.15, 0.2) is 66.0 Å². The third-order valence-electron chi connectivity index (χ3n) is 4.08. The van der Waals surface area contributed by atoms with E-state index in [9.17, 15) is 4.79 Å². The van der Waals surface area contributed by atoms with E-state index in [2.05, 4.69) is 35.0 Å². The van der Waals surface area contributed by atoms with Crippen molar-refractivity contribution in [2.75, 3.05) is 5.32 Å². The van der Waals surface area contributed by atoms with Crippen molar-refractivity contribution in [1.29, 1.82) is 0 Å². The van der Waals surface area contributed by atoms with Gasteiger partial charge in [0.05, 0.1) is 5.69 Å². The summed E-state index contributed by atoms with van der Waals surface area (Å²) in [6.45, 7) is 0. The number of benzene rings is 2. The molecule has 1 aliphatic rings. The normalized spacial score (nSPS) is 16.9. The van der Waals surface area contributed by atoms with Gasteiger partial charge in [0.15, 0.2) is 0 Å². The van der Waals surface area contributed by atoms with Crippen molar-refractivity contribution < 1.29 is 4.79 Å². The van der Waals surface area contributed by atoms with E-state index in [0.717, 1.165) is 16.8 Å². The van der Waals surface area contributed by atoms with Gasteiger partial charge in [-0.15, -0.1) is 11.3 Å². The van der Waals surface area contributed by atoms with E-state index in [1.54, 1.807) is 11.3 Å². The Kier molecular flexibility index (Phi) is 3.28. The Hall–Kier alpha value is -2.39. The Balaban J connectivity index is 1.83. The summed E-state index contributed by atoms with van der Waals surface area (Å²) in [6.07, 6.45) is 0.520. The molecule has 0 radical (unpaired) electrons. The maximum absolute atomic E-state index is 12.2. The Bertz CT molecular complexity index is 808. The Morgan fingerprint density at radius 3 is 2.36 bits per heavy atom. The predicted octanol–water partition coefficient (Wildman–Crippen LogP) is 4.89. The molecular formula is C19H15NOS. The fourth-order valence-corrected chi connectivity index (χ4v) is 4.17. The summed E-state index contributed by atoms with van der Waals surface area (Å²) in [5.74, 6) is 0.254. The fourth-order valence-electron chi connectivity index (χ4n) is 3.01. The molecule has 1 aromatic heterocycles. The minimum absolute atomic E-state index is 0.0944. The molecule has 22 heavy (non-hydrogen) atoms. The van der Waals surface area contributed by atoms with Gasteiger partial charge in [-0.1, -0.05) is 60.7 Å². The van der Waals surface area contributed by atoms with Gasteiger partial charge in [-0.3, -0.25) is 4.79 Å². The van der Waals surface area contributed by atoms with Crippen LogP contribution in [0.1, 0.15) is 22.8 Å². The number of hydrogen-bond acceptors (Lipinski definition) is 2. The SMILES string of the molecule is O=C1C[C@H](c2ccccc2)c2scc(-c3ccccc3)c2N1. The van der Waals surface area contributed by atoms with Gasteiger partial charge in [-0.2, -0.15) is 0 Å². The third-order valence-corrected chi connectivity index (χ3v) is 5.17. The highest BCUT2D eigenvalue weighted by atomic mass is 32.1. The average molecular weight is 305 g/mol. The molecular weight excluding hydrogens is 290 g/mol. The van der Waals surface area contributed by atoms with Crippen LogP contribution in [0, 0.1) is 0 Å². The molecule has 2 aromatic carbocycles. The van der Waals surface area contributed by atoms with Crippen molar-refractivity contribution >= 4 is 22.9 Å². The van der Waals surface area contributed by atoms with Gasteiger partial charge >= 0.3 is 0 Å². The number of anilines is 1. The molecule has 1 N–H and O–H groups in total. The van der Waals surface area contributed by atoms with Crippen LogP contribution in [0.4, 0.5) is 5.69 Å². The molecule has 0 saturated heterocycles. The fraction of sp³-hybridized carbons (Fsp3) is 0.105. The zero-order valence-electron chi connectivity index (χ0n) is 12.0. The van der Waals surface area contributed by atoms with E-state index in [1.165, 1.54) is 10.4 Å². The van der Waals surface area contributed by atoms with Crippen LogP contribution in [0.25, 0.3) is 11.1 Å². The van der Waals surface area contributed by atoms with Crippen LogP contribution in [-0.4, -0.2) is 5.91 Å². The number of carbonyl (C=O) groups is 1. The van der Waals surface area contributed by atoms with E-state index in [0.29, 0.717) is 6.42 Å². The van der Waals surface area contributed by atoms with Crippen molar-refractivity contribution in [1.82, 2.24) is 0 Å². The second kappa shape index (κ2) is 5.43. The summed E-state index contributed by atoms with van der Waals surface area (Å²) in [6, 6.07) is 20.5. The maximum Gasteiger partial charge on any atom is 0.225 e. The maximum atomic E-state index is 12.2. The van der Waals surface area contributed by atoms with Crippen molar-refractivity contribution in [3.63, 3.8) is 0 Å². The summed E-state index contributed by atoms with van der Waals surface area (Å²) in [5, 5.41) is 5.23. The highest BCUT2D eigenvalue weighted by molar-refractivity contribution is 7.11. The first-order valence-corrected chi connectivity index (χ1v) is 8.22. The van der Waals surface area contributed by atoms with Gasteiger partial charge in [0.2, 0.25) is 5.91 Å². The number of amides is 1. The Morgan fingerprint density at radius 1 is 0.955 bits per heavy atom. The zero-order valence-corrected chi connectivity index (χ0v) is 12.8. The topological polar surface area (TPSA) is 29.1 Å². The van der Waals surface area contributed by atoms with Crippen molar-refractivity contribution in [2.45, 2.75) is 12.3 Å². The second-order valence-corrected chi connectivity index (χ2v) is 6.38. The molecule has 0 aliphatic carbocycles. The monoisotopic (exact) mass is 305 g/mol. The zero-order chi connectivity index (χ0) is 14.9. The van der Waals surface area contributed by atoms with Gasteiger partial charge < -0.3 is 5.32 Å². The molecule has 108 valence electrons. The Morgan fingerprint density at radius 2 is 1.64 bits per heavy atom. The standard InChI is InChI=1S/C19H15NOS/c21-17-11-15(13-7-3-1-4-8-13)19-18(20-17)16(12-22-19)14-9-5-2-6-10-14/h1-10,12,15H,11H2,(H,20,21)/t15-/m1/s1. The number of fused-ring (bicyclic) bond motifs is 1. The highest BCUT2D eigenvalue weighted by Gasteiger charge is 2.30. The number of rotatable bonds is 2. The van der Waals surface area contributed by atoms with Crippen LogP contribution in [-0.2, 0) is 4.79 Å². The second-order valence-electron chi connectivity index (χ2n) is 5.47. The number of hydrogen-bond donors (Lipinski definition) is 1. The molecule has 0 fully saturated rings. The van der Waals surface area contributed by atoms with E-state index in [4.69, 9.17) is 0 Å². The molecule has 0 bridgehead atoms. The molecule has 1 atom stereocenters. The molecule has 3 heteroatoms. The first-order valence-electron chi connectivity index (χ1n) is 7.34. The molecule has 3 aromatic rings. The van der Waals surface area contributed by atoms with Gasteiger partial charge in [-0.25, -0.2) is 0 Å². The van der Waals surface area contributed by atoms with E-state index >= 15 is 0 Å². The minimum atomic E-state index is 0.0944. The lowest BCUT2D eigenvalue weighted by atomic mass is 9.89. The lowest BCUT2D eigenvalue weighted by molar-refractivity contribution is -0.116. The average Bonchev–Trinajstić information content (AvgIpc) is 2.99. The van der Waals surface area contributed by atoms with Crippen LogP contribution >= 0.6 is 11.3 Å². The van der Waals surface area contributed by atoms with Crippen LogP contribution in [0.2, 0.25) is 0 Å². The van der Waals surface area contributed by atoms with Gasteiger partial charge in [-0.05, 0) is 11.1 Å². The number of thiophene rings is 1. The first kappa shape index (κ1) is 13.3. The van der Waals surface area contributed by atoms with Gasteiger partial charge in [0.1, 0.15) is 0 Å². The highest BCUT2D eigenvalue weighted by Crippen LogP contribution is 2.46. The summed E-state index contributed by atoms with van der Waals surface area (Å²) < 4.78 is 0. The third kappa shape index (κ3) is 2.24. The molecule has 0 saturated carbocycles. The lowest BCUT2D eigenvalue weighted by Gasteiger charge is -2.23. The molecule has 1 aliphatic heterocycles. The molecule has 4 rings (SSSR count). The minimum Gasteiger partial charge on any atom is -0.325 e. The largest absolute Gasteiger partial charge is 0.325 e. The van der Waals surface area contributed by atoms with Crippen molar-refractivity contribution in [3.05, 3.63) is 76.5 Å². The number of nitrogens with one attached hydrogen (secondary N) is 1. The molecule has 0 unspecified atom stereocenters.